The van der Waals surface area contributed by atoms with E-state index in [0.717, 1.165) is 6.54 Å². The van der Waals surface area contributed by atoms with E-state index in [1.807, 2.05) is 26.8 Å². The predicted octanol–water partition coefficient (Wildman–Crippen LogP) is 3.63. The fraction of sp³-hybridized carbons (Fsp3) is 0.824. The maximum Gasteiger partial charge on any atom is 0.407 e. The highest BCUT2D eigenvalue weighted by molar-refractivity contribution is 5.67. The molecule has 1 atom stereocenters. The highest BCUT2D eigenvalue weighted by atomic mass is 16.6. The van der Waals surface area contributed by atoms with Crippen molar-refractivity contribution in [2.45, 2.75) is 71.9 Å². The molecule has 122 valence electrons. The SMILES string of the molecule is CC1(C)CCCC(NC/C=C/CNC(=O)OC(C)(C)C)C1. The Morgan fingerprint density at radius 1 is 1.29 bits per heavy atom. The van der Waals surface area contributed by atoms with Gasteiger partial charge >= 0.3 is 6.09 Å². The standard InChI is InChI=1S/C17H32N2O2/c1-16(2,3)21-15(20)19-12-7-6-11-18-14-9-8-10-17(4,5)13-14/h6-7,14,18H,8-13H2,1-5H3,(H,19,20)/b7-6+. The Bertz CT molecular complexity index is 356. The van der Waals surface area contributed by atoms with Crippen LogP contribution in [0.2, 0.25) is 0 Å². The van der Waals surface area contributed by atoms with E-state index in [0.29, 0.717) is 18.0 Å². The molecule has 1 aliphatic carbocycles. The summed E-state index contributed by atoms with van der Waals surface area (Å²) >= 11 is 0. The van der Waals surface area contributed by atoms with Crippen molar-refractivity contribution in [3.05, 3.63) is 12.2 Å². The van der Waals surface area contributed by atoms with E-state index in [1.165, 1.54) is 25.7 Å². The predicted molar refractivity (Wildman–Crippen MR) is 87.4 cm³/mol. The Hall–Kier alpha value is -1.03. The number of amides is 1. The van der Waals surface area contributed by atoms with Crippen molar-refractivity contribution in [2.75, 3.05) is 13.1 Å². The van der Waals surface area contributed by atoms with Gasteiger partial charge in [0.2, 0.25) is 0 Å². The molecule has 0 aliphatic heterocycles. The van der Waals surface area contributed by atoms with Crippen LogP contribution in [0.3, 0.4) is 0 Å². The zero-order valence-electron chi connectivity index (χ0n) is 14.3. The summed E-state index contributed by atoms with van der Waals surface area (Å²) in [4.78, 5) is 11.4. The summed E-state index contributed by atoms with van der Waals surface area (Å²) in [5, 5.41) is 6.29. The van der Waals surface area contributed by atoms with Crippen LogP contribution in [0.15, 0.2) is 12.2 Å². The average Bonchev–Trinajstić information content (AvgIpc) is 2.30. The molecule has 0 aromatic heterocycles. The van der Waals surface area contributed by atoms with E-state index in [9.17, 15) is 4.79 Å². The number of hydrogen-bond acceptors (Lipinski definition) is 3. The number of nitrogens with one attached hydrogen (secondary N) is 2. The first-order valence-corrected chi connectivity index (χ1v) is 8.03. The van der Waals surface area contributed by atoms with Crippen LogP contribution in [0.25, 0.3) is 0 Å². The lowest BCUT2D eigenvalue weighted by Gasteiger charge is -2.35. The quantitative estimate of drug-likeness (QED) is 0.762. The third kappa shape index (κ3) is 8.76. The number of hydrogen-bond donors (Lipinski definition) is 2. The first-order chi connectivity index (χ1) is 9.68. The van der Waals surface area contributed by atoms with Crippen LogP contribution in [-0.4, -0.2) is 30.8 Å². The van der Waals surface area contributed by atoms with Crippen LogP contribution >= 0.6 is 0 Å². The summed E-state index contributed by atoms with van der Waals surface area (Å²) in [6.07, 6.45) is 8.83. The molecule has 1 amide bonds. The number of rotatable bonds is 5. The van der Waals surface area contributed by atoms with Gasteiger partial charge in [0.1, 0.15) is 5.60 Å². The average molecular weight is 296 g/mol. The normalized spacial score (nSPS) is 22.2. The number of carbonyl (C=O) groups excluding carboxylic acids is 1. The third-order valence-corrected chi connectivity index (χ3v) is 3.66. The molecule has 1 saturated carbocycles. The molecule has 0 bridgehead atoms. The van der Waals surface area contributed by atoms with Crippen molar-refractivity contribution in [1.82, 2.24) is 10.6 Å². The molecule has 21 heavy (non-hydrogen) atoms. The fourth-order valence-corrected chi connectivity index (χ4v) is 2.73. The number of carbonyl (C=O) groups is 1. The molecular formula is C17H32N2O2. The maximum absolute atomic E-state index is 11.4. The molecule has 1 fully saturated rings. The minimum absolute atomic E-state index is 0.367. The van der Waals surface area contributed by atoms with Gasteiger partial charge < -0.3 is 15.4 Å². The smallest absolute Gasteiger partial charge is 0.407 e. The molecule has 1 rings (SSSR count). The van der Waals surface area contributed by atoms with Crippen molar-refractivity contribution in [1.29, 1.82) is 0 Å². The van der Waals surface area contributed by atoms with Gasteiger partial charge in [-0.1, -0.05) is 32.4 Å². The molecule has 0 saturated heterocycles. The van der Waals surface area contributed by atoms with E-state index >= 15 is 0 Å². The summed E-state index contributed by atoms with van der Waals surface area (Å²) in [5.41, 5.74) is 0.0288. The first kappa shape index (κ1) is 18.0. The van der Waals surface area contributed by atoms with E-state index in [2.05, 4.69) is 30.6 Å². The van der Waals surface area contributed by atoms with E-state index in [4.69, 9.17) is 4.74 Å². The molecule has 1 aliphatic rings. The molecule has 1 unspecified atom stereocenters. The van der Waals surface area contributed by atoms with Gasteiger partial charge in [-0.15, -0.1) is 0 Å². The van der Waals surface area contributed by atoms with Crippen molar-refractivity contribution < 1.29 is 9.53 Å². The van der Waals surface area contributed by atoms with Gasteiger partial charge in [-0.25, -0.2) is 4.79 Å². The van der Waals surface area contributed by atoms with Gasteiger partial charge in [0.25, 0.3) is 0 Å². The molecule has 0 aromatic carbocycles. The lowest BCUT2D eigenvalue weighted by atomic mass is 9.75. The van der Waals surface area contributed by atoms with Crippen LogP contribution in [0.5, 0.6) is 0 Å². The van der Waals surface area contributed by atoms with Crippen molar-refractivity contribution in [3.63, 3.8) is 0 Å². The van der Waals surface area contributed by atoms with E-state index in [-0.39, 0.29) is 6.09 Å². The van der Waals surface area contributed by atoms with Crippen LogP contribution in [-0.2, 0) is 4.74 Å². The molecular weight excluding hydrogens is 264 g/mol. The Kier molecular flexibility index (Phi) is 6.72. The summed E-state index contributed by atoms with van der Waals surface area (Å²) in [5.74, 6) is 0. The number of alkyl carbamates (subject to hydrolysis) is 1. The second-order valence-corrected chi connectivity index (χ2v) is 7.72. The maximum atomic E-state index is 11.4. The van der Waals surface area contributed by atoms with Gasteiger partial charge in [-0.2, -0.15) is 0 Å². The van der Waals surface area contributed by atoms with Crippen LogP contribution in [0, 0.1) is 5.41 Å². The molecule has 4 heteroatoms. The minimum Gasteiger partial charge on any atom is -0.444 e. The van der Waals surface area contributed by atoms with Gasteiger partial charge in [-0.3, -0.25) is 0 Å². The summed E-state index contributed by atoms with van der Waals surface area (Å²) in [6, 6.07) is 0.622. The molecule has 0 radical (unpaired) electrons. The second-order valence-electron chi connectivity index (χ2n) is 7.72. The lowest BCUT2D eigenvalue weighted by Crippen LogP contribution is -2.37. The van der Waals surface area contributed by atoms with E-state index in [1.54, 1.807) is 0 Å². The Morgan fingerprint density at radius 3 is 2.57 bits per heavy atom. The van der Waals surface area contributed by atoms with Gasteiger partial charge in [0.15, 0.2) is 0 Å². The second kappa shape index (κ2) is 7.83. The summed E-state index contributed by atoms with van der Waals surface area (Å²) < 4.78 is 5.16. The van der Waals surface area contributed by atoms with Crippen LogP contribution in [0.4, 0.5) is 4.79 Å². The Morgan fingerprint density at radius 2 is 1.95 bits per heavy atom. The highest BCUT2D eigenvalue weighted by Crippen LogP contribution is 2.34. The fourth-order valence-electron chi connectivity index (χ4n) is 2.73. The topological polar surface area (TPSA) is 50.4 Å². The Balaban J connectivity index is 2.11. The largest absolute Gasteiger partial charge is 0.444 e. The van der Waals surface area contributed by atoms with Gasteiger partial charge in [0.05, 0.1) is 0 Å². The lowest BCUT2D eigenvalue weighted by molar-refractivity contribution is 0.0534. The summed E-state index contributed by atoms with van der Waals surface area (Å²) in [7, 11) is 0. The Labute approximate surface area is 129 Å². The van der Waals surface area contributed by atoms with Gasteiger partial charge in [-0.05, 0) is 45.4 Å². The van der Waals surface area contributed by atoms with Crippen LogP contribution < -0.4 is 10.6 Å². The summed E-state index contributed by atoms with van der Waals surface area (Å²) in [6.45, 7) is 11.6. The molecule has 4 nitrogen and oxygen atoms in total. The molecule has 0 heterocycles. The van der Waals surface area contributed by atoms with Crippen molar-refractivity contribution >= 4 is 6.09 Å². The van der Waals surface area contributed by atoms with Crippen molar-refractivity contribution in [2.24, 2.45) is 5.41 Å². The first-order valence-electron chi connectivity index (χ1n) is 8.03. The highest BCUT2D eigenvalue weighted by Gasteiger charge is 2.27. The molecule has 0 aromatic rings. The minimum atomic E-state index is -0.441. The number of ether oxygens (including phenoxy) is 1. The monoisotopic (exact) mass is 296 g/mol. The van der Waals surface area contributed by atoms with Crippen LogP contribution in [0.1, 0.15) is 60.3 Å². The van der Waals surface area contributed by atoms with Crippen molar-refractivity contribution in [3.8, 4) is 0 Å². The molecule has 0 spiro atoms. The zero-order valence-corrected chi connectivity index (χ0v) is 14.3. The van der Waals surface area contributed by atoms with Gasteiger partial charge in [0, 0.05) is 19.1 Å². The third-order valence-electron chi connectivity index (χ3n) is 3.66. The zero-order chi connectivity index (χ0) is 15.9. The molecule has 2 N–H and O–H groups in total. The van der Waals surface area contributed by atoms with E-state index < -0.39 is 5.60 Å².